The number of hydrogen-bond acceptors (Lipinski definition) is 2. The predicted molar refractivity (Wildman–Crippen MR) is 74.5 cm³/mol. The van der Waals surface area contributed by atoms with E-state index in [1.807, 2.05) is 0 Å². The molecule has 104 valence electrons. The van der Waals surface area contributed by atoms with Crippen molar-refractivity contribution in [3.63, 3.8) is 0 Å². The average molecular weight is 272 g/mol. The molecule has 0 atom stereocenters. The fourth-order valence-electron chi connectivity index (χ4n) is 1.88. The third kappa shape index (κ3) is 6.00. The highest BCUT2D eigenvalue weighted by Gasteiger charge is 2.23. The first-order chi connectivity index (χ1) is 8.06. The standard InChI is InChI=1S/C13H24O4Si/c1-9(2)11(13(16)17)10(12(14)15)7-6-8-18(3,4)5/h9H,6-8H2,1-5H3,(H,14,15)(H,16,17). The van der Waals surface area contributed by atoms with Gasteiger partial charge in [-0.2, -0.15) is 0 Å². The van der Waals surface area contributed by atoms with E-state index in [9.17, 15) is 9.59 Å². The van der Waals surface area contributed by atoms with Crippen LogP contribution in [0.4, 0.5) is 0 Å². The Hall–Kier alpha value is -1.10. The van der Waals surface area contributed by atoms with Gasteiger partial charge in [0.1, 0.15) is 0 Å². The van der Waals surface area contributed by atoms with E-state index >= 15 is 0 Å². The smallest absolute Gasteiger partial charge is 0.332 e. The number of aliphatic carboxylic acids is 2. The molecule has 2 N–H and O–H groups in total. The summed E-state index contributed by atoms with van der Waals surface area (Å²) >= 11 is 0. The molecule has 0 radical (unpaired) electrons. The molecule has 0 aromatic rings. The number of carbonyl (C=O) groups is 2. The maximum atomic E-state index is 11.2. The van der Waals surface area contributed by atoms with Gasteiger partial charge in [-0.15, -0.1) is 0 Å². The van der Waals surface area contributed by atoms with Crippen molar-refractivity contribution < 1.29 is 19.8 Å². The summed E-state index contributed by atoms with van der Waals surface area (Å²) in [6.45, 7) is 10.1. The molecule has 0 unspecified atom stereocenters. The van der Waals surface area contributed by atoms with Crippen LogP contribution in [0.3, 0.4) is 0 Å². The highest BCUT2D eigenvalue weighted by Crippen LogP contribution is 2.22. The molecule has 0 aromatic heterocycles. The molecule has 0 saturated heterocycles. The molecule has 5 heteroatoms. The van der Waals surface area contributed by atoms with Gasteiger partial charge in [0.25, 0.3) is 0 Å². The normalized spacial score (nSPS) is 13.4. The van der Waals surface area contributed by atoms with Crippen molar-refractivity contribution in [2.45, 2.75) is 52.4 Å². The van der Waals surface area contributed by atoms with Crippen LogP contribution in [0.15, 0.2) is 11.1 Å². The Kier molecular flexibility index (Phi) is 6.32. The van der Waals surface area contributed by atoms with Crippen molar-refractivity contribution in [2.75, 3.05) is 0 Å². The summed E-state index contributed by atoms with van der Waals surface area (Å²) in [5.74, 6) is -2.49. The lowest BCUT2D eigenvalue weighted by molar-refractivity contribution is -0.136. The summed E-state index contributed by atoms with van der Waals surface area (Å²) in [6.07, 6.45) is 1.10. The zero-order chi connectivity index (χ0) is 14.5. The predicted octanol–water partition coefficient (Wildman–Crippen LogP) is 3.23. The van der Waals surface area contributed by atoms with Crippen LogP contribution in [-0.4, -0.2) is 30.2 Å². The van der Waals surface area contributed by atoms with Crippen LogP contribution >= 0.6 is 0 Å². The third-order valence-electron chi connectivity index (χ3n) is 2.74. The van der Waals surface area contributed by atoms with Crippen molar-refractivity contribution in [3.05, 3.63) is 11.1 Å². The van der Waals surface area contributed by atoms with Crippen molar-refractivity contribution in [2.24, 2.45) is 5.92 Å². The van der Waals surface area contributed by atoms with Crippen molar-refractivity contribution in [1.82, 2.24) is 0 Å². The molecular weight excluding hydrogens is 248 g/mol. The van der Waals surface area contributed by atoms with E-state index in [1.165, 1.54) is 0 Å². The van der Waals surface area contributed by atoms with Crippen LogP contribution in [0.25, 0.3) is 0 Å². The molecule has 0 aromatic carbocycles. The Balaban J connectivity index is 5.01. The average Bonchev–Trinajstić information content (AvgIpc) is 2.12. The maximum absolute atomic E-state index is 11.2. The minimum Gasteiger partial charge on any atom is -0.478 e. The molecule has 0 amide bonds. The largest absolute Gasteiger partial charge is 0.478 e. The molecule has 0 bridgehead atoms. The van der Waals surface area contributed by atoms with Crippen LogP contribution in [-0.2, 0) is 9.59 Å². The number of carboxylic acids is 2. The SMILES string of the molecule is CC(C)C(C(=O)O)=C(CCC[Si](C)(C)C)C(=O)O. The van der Waals surface area contributed by atoms with Gasteiger partial charge in [0.05, 0.1) is 0 Å². The quantitative estimate of drug-likeness (QED) is 0.551. The molecular formula is C13H24O4Si. The Morgan fingerprint density at radius 1 is 1.06 bits per heavy atom. The molecule has 0 aliphatic rings. The first kappa shape index (κ1) is 16.9. The lowest BCUT2D eigenvalue weighted by Gasteiger charge is -2.16. The van der Waals surface area contributed by atoms with E-state index in [2.05, 4.69) is 19.6 Å². The summed E-state index contributed by atoms with van der Waals surface area (Å²) in [4.78, 5) is 22.3. The topological polar surface area (TPSA) is 74.6 Å². The van der Waals surface area contributed by atoms with Gasteiger partial charge >= 0.3 is 11.9 Å². The van der Waals surface area contributed by atoms with Gasteiger partial charge in [-0.25, -0.2) is 9.59 Å². The van der Waals surface area contributed by atoms with E-state index in [-0.39, 0.29) is 17.1 Å². The summed E-state index contributed by atoms with van der Waals surface area (Å²) in [5.41, 5.74) is 0.105. The molecule has 0 heterocycles. The van der Waals surface area contributed by atoms with Gasteiger partial charge in [-0.1, -0.05) is 46.0 Å². The first-order valence-corrected chi connectivity index (χ1v) is 9.96. The van der Waals surface area contributed by atoms with Crippen LogP contribution < -0.4 is 0 Å². The number of rotatable bonds is 7. The van der Waals surface area contributed by atoms with Gasteiger partial charge in [0.15, 0.2) is 0 Å². The lowest BCUT2D eigenvalue weighted by Crippen LogP contribution is -2.20. The molecule has 0 saturated carbocycles. The fourth-order valence-corrected chi connectivity index (χ4v) is 3.11. The minimum atomic E-state index is -1.21. The van der Waals surface area contributed by atoms with Crippen LogP contribution in [0, 0.1) is 5.92 Å². The van der Waals surface area contributed by atoms with Crippen molar-refractivity contribution in [1.29, 1.82) is 0 Å². The summed E-state index contributed by atoms with van der Waals surface area (Å²) in [6, 6.07) is 1.01. The van der Waals surface area contributed by atoms with Crippen LogP contribution in [0.2, 0.25) is 25.7 Å². The Labute approximate surface area is 110 Å². The second-order valence-corrected chi connectivity index (χ2v) is 11.7. The van der Waals surface area contributed by atoms with Crippen LogP contribution in [0.1, 0.15) is 26.7 Å². The van der Waals surface area contributed by atoms with E-state index in [4.69, 9.17) is 10.2 Å². The Bertz CT molecular complexity index is 350. The molecule has 18 heavy (non-hydrogen) atoms. The highest BCUT2D eigenvalue weighted by atomic mass is 28.3. The third-order valence-corrected chi connectivity index (χ3v) is 4.60. The molecule has 4 nitrogen and oxygen atoms in total. The number of hydrogen-bond donors (Lipinski definition) is 2. The number of carboxylic acid groups (broad SMARTS) is 2. The highest BCUT2D eigenvalue weighted by molar-refractivity contribution is 6.76. The molecule has 0 spiro atoms. The molecule has 0 rings (SSSR count). The first-order valence-electron chi connectivity index (χ1n) is 6.26. The second kappa shape index (κ2) is 6.73. The van der Waals surface area contributed by atoms with Gasteiger partial charge in [-0.05, 0) is 12.3 Å². The van der Waals surface area contributed by atoms with E-state index in [1.54, 1.807) is 13.8 Å². The summed E-state index contributed by atoms with van der Waals surface area (Å²) < 4.78 is 0. The molecule has 0 aliphatic carbocycles. The van der Waals surface area contributed by atoms with Crippen molar-refractivity contribution in [3.8, 4) is 0 Å². The zero-order valence-corrected chi connectivity index (χ0v) is 12.9. The van der Waals surface area contributed by atoms with Gasteiger partial charge < -0.3 is 10.2 Å². The van der Waals surface area contributed by atoms with E-state index < -0.39 is 20.0 Å². The Morgan fingerprint density at radius 3 is 1.83 bits per heavy atom. The summed E-state index contributed by atoms with van der Waals surface area (Å²) in [7, 11) is -1.21. The van der Waals surface area contributed by atoms with E-state index in [0.29, 0.717) is 6.42 Å². The van der Waals surface area contributed by atoms with Crippen LogP contribution in [0.5, 0.6) is 0 Å². The molecule has 0 fully saturated rings. The maximum Gasteiger partial charge on any atom is 0.332 e. The fraction of sp³-hybridized carbons (Fsp3) is 0.692. The zero-order valence-electron chi connectivity index (χ0n) is 11.9. The van der Waals surface area contributed by atoms with Gasteiger partial charge in [0, 0.05) is 19.2 Å². The lowest BCUT2D eigenvalue weighted by atomic mass is 9.94. The summed E-state index contributed by atoms with van der Waals surface area (Å²) in [5, 5.41) is 18.3. The minimum absolute atomic E-state index is 0.0399. The van der Waals surface area contributed by atoms with E-state index in [0.717, 1.165) is 12.5 Å². The van der Waals surface area contributed by atoms with Gasteiger partial charge in [0.2, 0.25) is 0 Å². The second-order valence-electron chi connectivity index (χ2n) is 6.07. The molecule has 0 aliphatic heterocycles. The monoisotopic (exact) mass is 272 g/mol. The van der Waals surface area contributed by atoms with Crippen molar-refractivity contribution >= 4 is 20.0 Å². The Morgan fingerprint density at radius 2 is 1.56 bits per heavy atom. The van der Waals surface area contributed by atoms with Gasteiger partial charge in [-0.3, -0.25) is 0 Å².